The number of thioether (sulfide) groups is 1. The van der Waals surface area contributed by atoms with Crippen LogP contribution in [0.25, 0.3) is 0 Å². The second-order valence-corrected chi connectivity index (χ2v) is 5.36. The molecule has 0 atom stereocenters. The maximum Gasteiger partial charge on any atom is 0.301 e. The number of aromatic nitrogens is 1. The first-order valence-electron chi connectivity index (χ1n) is 5.09. The van der Waals surface area contributed by atoms with Crippen molar-refractivity contribution >= 4 is 29.3 Å². The van der Waals surface area contributed by atoms with E-state index in [0.29, 0.717) is 16.6 Å². The quantitative estimate of drug-likeness (QED) is 0.264. The molecule has 1 heterocycles. The fourth-order valence-electron chi connectivity index (χ4n) is 0.956. The average molecular weight is 296 g/mol. The predicted octanol–water partition coefficient (Wildman–Crippen LogP) is 3.65. The van der Waals surface area contributed by atoms with Gasteiger partial charge in [0.2, 0.25) is 6.21 Å². The van der Waals surface area contributed by atoms with Crippen LogP contribution in [-0.2, 0) is 0 Å². The SMILES string of the molecule is CC/[N+]([O-])=C/c1csc(SCCC(F)=C(F)F)n1. The summed E-state index contributed by atoms with van der Waals surface area (Å²) in [6.45, 7) is 2.04. The highest BCUT2D eigenvalue weighted by Crippen LogP contribution is 2.25. The van der Waals surface area contributed by atoms with E-state index < -0.39 is 11.9 Å². The molecule has 0 amide bonds. The van der Waals surface area contributed by atoms with E-state index in [2.05, 4.69) is 4.98 Å². The van der Waals surface area contributed by atoms with Crippen molar-refractivity contribution in [3.8, 4) is 0 Å². The second kappa shape index (κ2) is 7.42. The van der Waals surface area contributed by atoms with Gasteiger partial charge in [0, 0.05) is 17.6 Å². The van der Waals surface area contributed by atoms with Crippen LogP contribution in [0.5, 0.6) is 0 Å². The lowest BCUT2D eigenvalue weighted by atomic mass is 10.4. The third-order valence-corrected chi connectivity index (χ3v) is 3.88. The Bertz CT molecular complexity index is 456. The van der Waals surface area contributed by atoms with Gasteiger partial charge in [-0.25, -0.2) is 14.1 Å². The van der Waals surface area contributed by atoms with Crippen molar-refractivity contribution in [3.05, 3.63) is 28.2 Å². The van der Waals surface area contributed by atoms with Crippen molar-refractivity contribution in [2.24, 2.45) is 0 Å². The van der Waals surface area contributed by atoms with Gasteiger partial charge in [0.05, 0.1) is 0 Å². The minimum absolute atomic E-state index is 0.186. The Labute approximate surface area is 111 Å². The molecule has 0 aliphatic heterocycles. The van der Waals surface area contributed by atoms with Crippen LogP contribution in [0, 0.1) is 5.21 Å². The van der Waals surface area contributed by atoms with Crippen LogP contribution in [-0.4, -0.2) is 28.2 Å². The molecule has 0 aromatic carbocycles. The minimum Gasteiger partial charge on any atom is -0.624 e. The molecule has 3 nitrogen and oxygen atoms in total. The zero-order valence-corrected chi connectivity index (χ0v) is 11.2. The fourth-order valence-corrected chi connectivity index (χ4v) is 2.74. The predicted molar refractivity (Wildman–Crippen MR) is 67.1 cm³/mol. The summed E-state index contributed by atoms with van der Waals surface area (Å²) in [4.78, 5) is 4.10. The summed E-state index contributed by atoms with van der Waals surface area (Å²) in [6.07, 6.45) is -1.25. The van der Waals surface area contributed by atoms with Crippen LogP contribution in [0.1, 0.15) is 19.0 Å². The van der Waals surface area contributed by atoms with Crippen molar-refractivity contribution in [1.29, 1.82) is 0 Å². The molecule has 0 N–H and O–H groups in total. The van der Waals surface area contributed by atoms with Gasteiger partial charge in [0.1, 0.15) is 5.69 Å². The third-order valence-electron chi connectivity index (χ3n) is 1.84. The summed E-state index contributed by atoms with van der Waals surface area (Å²) in [6, 6.07) is 0. The van der Waals surface area contributed by atoms with Crippen LogP contribution >= 0.6 is 23.1 Å². The molecular weight excluding hydrogens is 285 g/mol. The fraction of sp³-hybridized carbons (Fsp3) is 0.400. The molecule has 1 aromatic heterocycles. The number of hydrogen-bond acceptors (Lipinski definition) is 4. The molecule has 0 saturated heterocycles. The van der Waals surface area contributed by atoms with E-state index in [1.54, 1.807) is 12.3 Å². The molecule has 0 spiro atoms. The molecule has 1 aromatic rings. The van der Waals surface area contributed by atoms with Gasteiger partial charge in [-0.1, -0.05) is 11.8 Å². The summed E-state index contributed by atoms with van der Waals surface area (Å²) in [7, 11) is 0. The molecule has 1 rings (SSSR count). The van der Waals surface area contributed by atoms with Crippen molar-refractivity contribution in [1.82, 2.24) is 4.98 Å². The highest BCUT2D eigenvalue weighted by Gasteiger charge is 2.07. The third kappa shape index (κ3) is 5.09. The summed E-state index contributed by atoms with van der Waals surface area (Å²) >= 11 is 2.47. The van der Waals surface area contributed by atoms with Gasteiger partial charge in [-0.2, -0.15) is 8.78 Å². The lowest BCUT2D eigenvalue weighted by Gasteiger charge is -1.97. The lowest BCUT2D eigenvalue weighted by molar-refractivity contribution is -0.447. The minimum atomic E-state index is -2.27. The van der Waals surface area contributed by atoms with Crippen LogP contribution in [0.3, 0.4) is 0 Å². The van der Waals surface area contributed by atoms with E-state index in [1.165, 1.54) is 29.3 Å². The molecule has 100 valence electrons. The first kappa shape index (κ1) is 15.0. The highest BCUT2D eigenvalue weighted by molar-refractivity contribution is 8.01. The van der Waals surface area contributed by atoms with Crippen molar-refractivity contribution in [3.63, 3.8) is 0 Å². The van der Waals surface area contributed by atoms with E-state index in [0.717, 1.165) is 4.74 Å². The Kier molecular flexibility index (Phi) is 6.20. The van der Waals surface area contributed by atoms with Gasteiger partial charge in [0.15, 0.2) is 16.7 Å². The standard InChI is InChI=1S/C10H11F3N2OS2/c1-2-15(16)5-7-6-18-10(14-7)17-4-3-8(11)9(12)13/h5-6H,2-4H2,1H3/b15-5-. The highest BCUT2D eigenvalue weighted by atomic mass is 32.2. The number of thiazole rings is 1. The maximum atomic E-state index is 12.5. The Balaban J connectivity index is 2.48. The number of rotatable bonds is 6. The smallest absolute Gasteiger partial charge is 0.301 e. The summed E-state index contributed by atoms with van der Waals surface area (Å²) in [5.41, 5.74) is 0.520. The molecule has 0 aliphatic rings. The Morgan fingerprint density at radius 2 is 2.28 bits per heavy atom. The van der Waals surface area contributed by atoms with E-state index in [1.807, 2.05) is 0 Å². The maximum absolute atomic E-state index is 12.5. The normalized spacial score (nSPS) is 11.7. The monoisotopic (exact) mass is 296 g/mol. The molecule has 0 bridgehead atoms. The van der Waals surface area contributed by atoms with E-state index in [9.17, 15) is 18.4 Å². The number of halogens is 3. The zero-order chi connectivity index (χ0) is 13.5. The van der Waals surface area contributed by atoms with E-state index in [-0.39, 0.29) is 12.2 Å². The Morgan fingerprint density at radius 1 is 1.56 bits per heavy atom. The molecular formula is C10H11F3N2OS2. The van der Waals surface area contributed by atoms with Crippen LogP contribution < -0.4 is 0 Å². The van der Waals surface area contributed by atoms with Gasteiger partial charge < -0.3 is 5.21 Å². The largest absolute Gasteiger partial charge is 0.624 e. The van der Waals surface area contributed by atoms with E-state index in [4.69, 9.17) is 0 Å². The molecule has 0 aliphatic carbocycles. The van der Waals surface area contributed by atoms with Crippen LogP contribution in [0.2, 0.25) is 0 Å². The Hall–Kier alpha value is -1.02. The van der Waals surface area contributed by atoms with Crippen LogP contribution in [0.15, 0.2) is 21.6 Å². The molecule has 0 unspecified atom stereocenters. The van der Waals surface area contributed by atoms with Gasteiger partial charge in [-0.05, 0) is 6.92 Å². The number of allylic oxidation sites excluding steroid dienone is 1. The molecule has 0 fully saturated rings. The van der Waals surface area contributed by atoms with Crippen LogP contribution in [0.4, 0.5) is 13.2 Å². The van der Waals surface area contributed by atoms with Gasteiger partial charge >= 0.3 is 6.08 Å². The Morgan fingerprint density at radius 3 is 2.89 bits per heavy atom. The average Bonchev–Trinajstić information content (AvgIpc) is 2.76. The number of hydroxylamine groups is 1. The van der Waals surface area contributed by atoms with Gasteiger partial charge in [0.25, 0.3) is 0 Å². The molecule has 8 heteroatoms. The zero-order valence-electron chi connectivity index (χ0n) is 9.53. The first-order valence-corrected chi connectivity index (χ1v) is 6.96. The summed E-state index contributed by atoms with van der Waals surface area (Å²) in [5.74, 6) is -1.20. The number of hydrogen-bond donors (Lipinski definition) is 0. The summed E-state index contributed by atoms with van der Waals surface area (Å²) < 4.78 is 37.4. The second-order valence-electron chi connectivity index (χ2n) is 3.16. The molecule has 0 radical (unpaired) electrons. The van der Waals surface area contributed by atoms with Gasteiger partial charge in [-0.15, -0.1) is 11.3 Å². The van der Waals surface area contributed by atoms with Crippen molar-refractivity contribution in [2.75, 3.05) is 12.3 Å². The van der Waals surface area contributed by atoms with Crippen molar-refractivity contribution < 1.29 is 17.9 Å². The van der Waals surface area contributed by atoms with Crippen molar-refractivity contribution in [2.45, 2.75) is 17.7 Å². The first-order chi connectivity index (χ1) is 8.52. The lowest BCUT2D eigenvalue weighted by Crippen LogP contribution is -2.04. The molecule has 0 saturated carbocycles. The van der Waals surface area contributed by atoms with Gasteiger partial charge in [-0.3, -0.25) is 0 Å². The summed E-state index contributed by atoms with van der Waals surface area (Å²) in [5, 5.41) is 12.7. The number of nitrogens with zero attached hydrogens (tertiary/aromatic N) is 2. The topological polar surface area (TPSA) is 39.0 Å². The van der Waals surface area contributed by atoms with E-state index >= 15 is 0 Å². The molecule has 18 heavy (non-hydrogen) atoms.